The number of carbonyl (C=O) groups is 1. The van der Waals surface area contributed by atoms with Crippen molar-refractivity contribution < 1.29 is 9.53 Å². The van der Waals surface area contributed by atoms with E-state index in [1.54, 1.807) is 20.1 Å². The van der Waals surface area contributed by atoms with Gasteiger partial charge in [0.15, 0.2) is 0 Å². The highest BCUT2D eigenvalue weighted by Gasteiger charge is 2.30. The molecule has 0 saturated carbocycles. The molecule has 1 atom stereocenters. The van der Waals surface area contributed by atoms with Gasteiger partial charge in [0.1, 0.15) is 0 Å². The van der Waals surface area contributed by atoms with Crippen LogP contribution in [0.25, 0.3) is 11.3 Å². The molecule has 1 aliphatic heterocycles. The molecule has 3 N–H and O–H groups in total. The number of nitrogen functional groups attached to an aromatic ring is 1. The van der Waals surface area contributed by atoms with Gasteiger partial charge in [-0.15, -0.1) is 0 Å². The Bertz CT molecular complexity index is 1030. The second-order valence-electron chi connectivity index (χ2n) is 6.37. The lowest BCUT2D eigenvalue weighted by Gasteiger charge is -2.27. The molecule has 0 bridgehead atoms. The molecular weight excluding hydrogens is 342 g/mol. The van der Waals surface area contributed by atoms with Crippen molar-refractivity contribution in [2.75, 3.05) is 12.8 Å². The predicted molar refractivity (Wildman–Crippen MR) is 101 cm³/mol. The van der Waals surface area contributed by atoms with Crippen molar-refractivity contribution in [2.24, 2.45) is 0 Å². The zero-order chi connectivity index (χ0) is 19.0. The molecule has 0 fully saturated rings. The number of nitrogens with one attached hydrogen (secondary N) is 1. The quantitative estimate of drug-likeness (QED) is 0.743. The van der Waals surface area contributed by atoms with E-state index in [1.807, 2.05) is 36.4 Å². The Kier molecular flexibility index (Phi) is 4.19. The molecule has 3 heterocycles. The monoisotopic (exact) mass is 361 g/mol. The lowest BCUT2D eigenvalue weighted by Crippen LogP contribution is -2.37. The highest BCUT2D eigenvalue weighted by Crippen LogP contribution is 2.33. The molecule has 0 spiro atoms. The molecule has 27 heavy (non-hydrogen) atoms. The van der Waals surface area contributed by atoms with Gasteiger partial charge in [0.25, 0.3) is 5.91 Å². The van der Waals surface area contributed by atoms with Gasteiger partial charge in [0.05, 0.1) is 35.8 Å². The van der Waals surface area contributed by atoms with E-state index in [1.165, 1.54) is 0 Å². The number of methoxy groups -OCH3 is 1. The number of hydrogen-bond acceptors (Lipinski definition) is 6. The Balaban J connectivity index is 1.78. The first-order valence-corrected chi connectivity index (χ1v) is 8.61. The minimum absolute atomic E-state index is 0.183. The number of hydrogen-bond donors (Lipinski definition) is 2. The van der Waals surface area contributed by atoms with E-state index < -0.39 is 0 Å². The summed E-state index contributed by atoms with van der Waals surface area (Å²) in [5.74, 6) is 0.533. The van der Waals surface area contributed by atoms with Gasteiger partial charge in [0.2, 0.25) is 11.8 Å². The first-order valence-electron chi connectivity index (χ1n) is 8.61. The summed E-state index contributed by atoms with van der Waals surface area (Å²) in [6, 6.07) is 13.2. The van der Waals surface area contributed by atoms with Crippen LogP contribution < -0.4 is 15.8 Å². The lowest BCUT2D eigenvalue weighted by atomic mass is 9.90. The second-order valence-corrected chi connectivity index (χ2v) is 6.37. The van der Waals surface area contributed by atoms with Crippen LogP contribution in [0.2, 0.25) is 0 Å². The molecule has 4 rings (SSSR count). The zero-order valence-corrected chi connectivity index (χ0v) is 15.1. The molecule has 136 valence electrons. The maximum absolute atomic E-state index is 12.7. The van der Waals surface area contributed by atoms with Gasteiger partial charge in [0, 0.05) is 18.1 Å². The summed E-state index contributed by atoms with van der Waals surface area (Å²) < 4.78 is 5.24. The van der Waals surface area contributed by atoms with Crippen LogP contribution in [0.3, 0.4) is 0 Å². The summed E-state index contributed by atoms with van der Waals surface area (Å²) in [6.45, 7) is 1.77. The predicted octanol–water partition coefficient (Wildman–Crippen LogP) is 2.47. The normalized spacial score (nSPS) is 15.8. The minimum Gasteiger partial charge on any atom is -0.481 e. The summed E-state index contributed by atoms with van der Waals surface area (Å²) in [5, 5.41) is 3.07. The summed E-state index contributed by atoms with van der Waals surface area (Å²) in [5.41, 5.74) is 10.2. The number of aryl methyl sites for hydroxylation is 1. The third-order valence-electron chi connectivity index (χ3n) is 4.66. The van der Waals surface area contributed by atoms with Gasteiger partial charge in [-0.2, -0.15) is 0 Å². The van der Waals surface area contributed by atoms with Gasteiger partial charge < -0.3 is 15.8 Å². The Morgan fingerprint density at radius 3 is 2.74 bits per heavy atom. The van der Waals surface area contributed by atoms with Crippen molar-refractivity contribution in [3.8, 4) is 17.1 Å². The van der Waals surface area contributed by atoms with Crippen LogP contribution in [0, 0.1) is 6.92 Å². The molecular formula is C20H19N5O2. The highest BCUT2D eigenvalue weighted by molar-refractivity contribution is 5.98. The first-order chi connectivity index (χ1) is 13.1. The Morgan fingerprint density at radius 1 is 1.11 bits per heavy atom. The molecule has 0 radical (unpaired) electrons. The Labute approximate surface area is 156 Å². The molecule has 3 aromatic rings. The molecule has 1 unspecified atom stereocenters. The van der Waals surface area contributed by atoms with E-state index in [0.29, 0.717) is 29.3 Å². The van der Waals surface area contributed by atoms with Crippen molar-refractivity contribution in [2.45, 2.75) is 19.4 Å². The Morgan fingerprint density at radius 2 is 1.93 bits per heavy atom. The number of nitrogens with zero attached hydrogens (tertiary/aromatic N) is 3. The van der Waals surface area contributed by atoms with Crippen LogP contribution in [0.4, 0.5) is 5.95 Å². The third kappa shape index (κ3) is 3.08. The van der Waals surface area contributed by atoms with Gasteiger partial charge in [-0.3, -0.25) is 4.79 Å². The van der Waals surface area contributed by atoms with Crippen molar-refractivity contribution >= 4 is 11.9 Å². The summed E-state index contributed by atoms with van der Waals surface area (Å²) in [7, 11) is 1.59. The molecule has 0 aliphatic carbocycles. The number of pyridine rings is 1. The number of carbonyl (C=O) groups excluding carboxylic acids is 1. The average molecular weight is 361 g/mol. The fraction of sp³-hybridized carbons (Fsp3) is 0.200. The van der Waals surface area contributed by atoms with Crippen molar-refractivity contribution in [3.05, 3.63) is 65.0 Å². The van der Waals surface area contributed by atoms with Gasteiger partial charge in [-0.1, -0.05) is 30.3 Å². The molecule has 1 aliphatic rings. The van der Waals surface area contributed by atoms with E-state index in [9.17, 15) is 4.79 Å². The zero-order valence-electron chi connectivity index (χ0n) is 15.1. The number of rotatable bonds is 3. The first kappa shape index (κ1) is 17.0. The second kappa shape index (κ2) is 6.68. The number of ether oxygens (including phenoxy) is 1. The number of anilines is 1. The van der Waals surface area contributed by atoms with Gasteiger partial charge >= 0.3 is 0 Å². The third-order valence-corrected chi connectivity index (χ3v) is 4.66. The van der Waals surface area contributed by atoms with E-state index in [-0.39, 0.29) is 17.9 Å². The number of amides is 1. The van der Waals surface area contributed by atoms with Crippen molar-refractivity contribution in [3.63, 3.8) is 0 Å². The largest absolute Gasteiger partial charge is 0.481 e. The van der Waals surface area contributed by atoms with Gasteiger partial charge in [-0.05, 0) is 18.6 Å². The maximum atomic E-state index is 12.7. The number of nitrogens with two attached hydrogens (primary N) is 1. The molecule has 7 heteroatoms. The number of benzene rings is 1. The average Bonchev–Trinajstić information content (AvgIpc) is 2.67. The van der Waals surface area contributed by atoms with E-state index >= 15 is 0 Å². The van der Waals surface area contributed by atoms with Crippen LogP contribution in [-0.2, 0) is 6.42 Å². The van der Waals surface area contributed by atoms with Crippen molar-refractivity contribution in [1.82, 2.24) is 20.3 Å². The topological polar surface area (TPSA) is 103 Å². The van der Waals surface area contributed by atoms with E-state index in [4.69, 9.17) is 10.5 Å². The van der Waals surface area contributed by atoms with Crippen LogP contribution >= 0.6 is 0 Å². The highest BCUT2D eigenvalue weighted by atomic mass is 16.5. The summed E-state index contributed by atoms with van der Waals surface area (Å²) in [4.78, 5) is 25.6. The fourth-order valence-electron chi connectivity index (χ4n) is 3.47. The van der Waals surface area contributed by atoms with E-state index in [0.717, 1.165) is 16.8 Å². The number of fused-ring (bicyclic) bond motifs is 1. The maximum Gasteiger partial charge on any atom is 0.255 e. The minimum atomic E-state index is -0.233. The molecule has 2 aromatic heterocycles. The molecule has 1 amide bonds. The number of aromatic nitrogens is 3. The van der Waals surface area contributed by atoms with Crippen molar-refractivity contribution in [1.29, 1.82) is 0 Å². The Hall–Kier alpha value is -3.48. The molecule has 7 nitrogen and oxygen atoms in total. The summed E-state index contributed by atoms with van der Waals surface area (Å²) >= 11 is 0. The molecule has 1 aromatic carbocycles. The van der Waals surface area contributed by atoms with Crippen LogP contribution in [0.5, 0.6) is 5.88 Å². The smallest absolute Gasteiger partial charge is 0.255 e. The van der Waals surface area contributed by atoms with Crippen LogP contribution in [0.15, 0.2) is 42.5 Å². The fourth-order valence-corrected chi connectivity index (χ4v) is 3.47. The van der Waals surface area contributed by atoms with Gasteiger partial charge in [-0.25, -0.2) is 15.0 Å². The van der Waals surface area contributed by atoms with Crippen LogP contribution in [0.1, 0.15) is 33.4 Å². The van der Waals surface area contributed by atoms with E-state index in [2.05, 4.69) is 20.3 Å². The van der Waals surface area contributed by atoms with Crippen LogP contribution in [-0.4, -0.2) is 28.0 Å². The SMILES string of the molecule is COc1cccc(-c2ccccc2C2Cc3nc(N)nc(C)c3C(=O)N2)n1. The standard InChI is InChI=1S/C20H19N5O2/c1-11-18-16(25-20(21)22-11)10-15(24-19(18)26)13-7-4-3-6-12(13)14-8-5-9-17(23-14)27-2/h3-9,15H,10H2,1-2H3,(H,24,26)(H2,21,22,25). The lowest BCUT2D eigenvalue weighted by molar-refractivity contribution is 0.0922. The molecule has 0 saturated heterocycles. The summed E-state index contributed by atoms with van der Waals surface area (Å²) in [6.07, 6.45) is 0.537.